The Morgan fingerprint density at radius 3 is 2.84 bits per heavy atom. The van der Waals surface area contributed by atoms with E-state index in [9.17, 15) is 8.78 Å². The highest BCUT2D eigenvalue weighted by Crippen LogP contribution is 2.31. The summed E-state index contributed by atoms with van der Waals surface area (Å²) >= 11 is 5.86. The van der Waals surface area contributed by atoms with Crippen LogP contribution < -0.4 is 10.2 Å². The summed E-state index contributed by atoms with van der Waals surface area (Å²) in [5.74, 6) is -0.489. The van der Waals surface area contributed by atoms with Gasteiger partial charge in [0, 0.05) is 43.0 Å². The van der Waals surface area contributed by atoms with Crippen molar-refractivity contribution < 1.29 is 8.78 Å². The first-order valence-electron chi connectivity index (χ1n) is 7.72. The van der Waals surface area contributed by atoms with Crippen molar-refractivity contribution in [1.82, 2.24) is 15.3 Å². The van der Waals surface area contributed by atoms with Crippen molar-refractivity contribution in [3.05, 3.63) is 52.4 Å². The maximum Gasteiger partial charge on any atom is 0.224 e. The molecule has 0 aliphatic carbocycles. The Morgan fingerprint density at radius 2 is 2.16 bits per heavy atom. The molecule has 1 fully saturated rings. The zero-order chi connectivity index (χ0) is 18.0. The van der Waals surface area contributed by atoms with E-state index in [1.165, 1.54) is 12.1 Å². The maximum atomic E-state index is 13.8. The molecule has 0 bridgehead atoms. The lowest BCUT2D eigenvalue weighted by Crippen LogP contribution is -2.69. The number of benzene rings is 1. The lowest BCUT2D eigenvalue weighted by atomic mass is 9.86. The van der Waals surface area contributed by atoms with Gasteiger partial charge in [0.1, 0.15) is 17.5 Å². The van der Waals surface area contributed by atoms with Crippen molar-refractivity contribution in [2.75, 3.05) is 18.0 Å². The molecule has 5 nitrogen and oxygen atoms in total. The second-order valence-electron chi connectivity index (χ2n) is 6.21. The van der Waals surface area contributed by atoms with Crippen LogP contribution in [0.2, 0.25) is 5.28 Å². The van der Waals surface area contributed by atoms with Crippen LogP contribution in [-0.2, 0) is 6.54 Å². The topological polar surface area (TPSA) is 64.8 Å². The molecule has 0 atom stereocenters. The van der Waals surface area contributed by atoms with Gasteiger partial charge in [-0.2, -0.15) is 5.26 Å². The molecule has 0 radical (unpaired) electrons. The average molecular weight is 364 g/mol. The number of nitrogens with zero attached hydrogens (tertiary/aromatic N) is 4. The summed E-state index contributed by atoms with van der Waals surface area (Å²) in [7, 11) is 0. The second-order valence-corrected chi connectivity index (χ2v) is 6.54. The van der Waals surface area contributed by atoms with Gasteiger partial charge in [-0.3, -0.25) is 0 Å². The Bertz CT molecular complexity index is 830. The minimum atomic E-state index is -0.612. The minimum absolute atomic E-state index is 0.166. The molecule has 3 rings (SSSR count). The third-order valence-electron chi connectivity index (χ3n) is 4.29. The SMILES string of the molecule is Cc1cnc(Cl)nc1N1CC(CC#N)(NCc2ccc(F)cc2F)C1. The number of hydrogen-bond acceptors (Lipinski definition) is 5. The van der Waals surface area contributed by atoms with Crippen LogP contribution in [0.15, 0.2) is 24.4 Å². The molecule has 0 unspecified atom stereocenters. The second kappa shape index (κ2) is 6.90. The van der Waals surface area contributed by atoms with Crippen molar-refractivity contribution in [1.29, 1.82) is 5.26 Å². The van der Waals surface area contributed by atoms with Crippen LogP contribution in [0.5, 0.6) is 0 Å². The number of hydrogen-bond donors (Lipinski definition) is 1. The fourth-order valence-corrected chi connectivity index (χ4v) is 3.08. The van der Waals surface area contributed by atoms with E-state index in [0.717, 1.165) is 17.4 Å². The summed E-state index contributed by atoms with van der Waals surface area (Å²) in [5.41, 5.74) is 0.775. The van der Waals surface area contributed by atoms with E-state index in [1.807, 2.05) is 11.8 Å². The lowest BCUT2D eigenvalue weighted by molar-refractivity contribution is 0.255. The molecule has 0 spiro atoms. The molecule has 1 aliphatic heterocycles. The third-order valence-corrected chi connectivity index (χ3v) is 4.47. The Balaban J connectivity index is 1.70. The summed E-state index contributed by atoms with van der Waals surface area (Å²) in [5, 5.41) is 12.5. The molecule has 130 valence electrons. The number of rotatable bonds is 5. The monoisotopic (exact) mass is 363 g/mol. The molecular weight excluding hydrogens is 348 g/mol. The van der Waals surface area contributed by atoms with Gasteiger partial charge < -0.3 is 10.2 Å². The van der Waals surface area contributed by atoms with Crippen LogP contribution in [0.3, 0.4) is 0 Å². The first-order chi connectivity index (χ1) is 11.9. The van der Waals surface area contributed by atoms with E-state index < -0.39 is 17.2 Å². The number of nitriles is 1. The van der Waals surface area contributed by atoms with E-state index >= 15 is 0 Å². The standard InChI is InChI=1S/C17H16ClF2N5/c1-11-7-22-16(18)24-15(11)25-9-17(10-25,4-5-21)23-8-12-2-3-13(19)6-14(12)20/h2-3,6-7,23H,4,8-10H2,1H3. The first-order valence-corrected chi connectivity index (χ1v) is 8.10. The number of halogens is 3. The van der Waals surface area contributed by atoms with Gasteiger partial charge in [0.05, 0.1) is 18.0 Å². The van der Waals surface area contributed by atoms with Gasteiger partial charge in [-0.15, -0.1) is 0 Å². The highest BCUT2D eigenvalue weighted by Gasteiger charge is 2.43. The summed E-state index contributed by atoms with van der Waals surface area (Å²) in [6, 6.07) is 5.65. The van der Waals surface area contributed by atoms with Crippen LogP contribution >= 0.6 is 11.6 Å². The number of aromatic nitrogens is 2. The number of nitrogens with one attached hydrogen (secondary N) is 1. The molecule has 1 aromatic carbocycles. The average Bonchev–Trinajstić information content (AvgIpc) is 2.53. The van der Waals surface area contributed by atoms with Crippen LogP contribution in [0, 0.1) is 29.9 Å². The quantitative estimate of drug-likeness (QED) is 0.827. The Morgan fingerprint density at radius 1 is 1.40 bits per heavy atom. The summed E-state index contributed by atoms with van der Waals surface area (Å²) in [6.45, 7) is 3.18. The molecule has 8 heteroatoms. The summed E-state index contributed by atoms with van der Waals surface area (Å²) < 4.78 is 26.8. The van der Waals surface area contributed by atoms with Crippen molar-refractivity contribution in [2.24, 2.45) is 0 Å². The molecular formula is C17H16ClF2N5. The Labute approximate surface area is 149 Å². The van der Waals surface area contributed by atoms with Crippen molar-refractivity contribution in [2.45, 2.75) is 25.4 Å². The molecule has 1 aromatic heterocycles. The Kier molecular flexibility index (Phi) is 4.84. The smallest absolute Gasteiger partial charge is 0.224 e. The fourth-order valence-electron chi connectivity index (χ4n) is 2.95. The van der Waals surface area contributed by atoms with Gasteiger partial charge in [-0.1, -0.05) is 6.07 Å². The largest absolute Gasteiger partial charge is 0.352 e. The van der Waals surface area contributed by atoms with E-state index in [0.29, 0.717) is 18.7 Å². The highest BCUT2D eigenvalue weighted by atomic mass is 35.5. The van der Waals surface area contributed by atoms with Gasteiger partial charge in [0.25, 0.3) is 0 Å². The van der Waals surface area contributed by atoms with Gasteiger partial charge >= 0.3 is 0 Å². The summed E-state index contributed by atoms with van der Waals surface area (Å²) in [4.78, 5) is 10.2. The van der Waals surface area contributed by atoms with Gasteiger partial charge in [-0.25, -0.2) is 18.7 Å². The van der Waals surface area contributed by atoms with E-state index in [2.05, 4.69) is 21.4 Å². The molecule has 0 amide bonds. The predicted octanol–water partition coefficient (Wildman–Crippen LogP) is 2.98. The lowest BCUT2D eigenvalue weighted by Gasteiger charge is -2.50. The van der Waals surface area contributed by atoms with Gasteiger partial charge in [0.15, 0.2) is 0 Å². The maximum absolute atomic E-state index is 13.8. The number of aryl methyl sites for hydroxylation is 1. The zero-order valence-corrected chi connectivity index (χ0v) is 14.3. The minimum Gasteiger partial charge on any atom is -0.352 e. The molecule has 1 N–H and O–H groups in total. The van der Waals surface area contributed by atoms with E-state index in [-0.39, 0.29) is 18.2 Å². The van der Waals surface area contributed by atoms with Gasteiger partial charge in [0.2, 0.25) is 5.28 Å². The van der Waals surface area contributed by atoms with Crippen LogP contribution in [-0.4, -0.2) is 28.6 Å². The molecule has 1 aliphatic rings. The molecule has 0 saturated carbocycles. The number of anilines is 1. The molecule has 25 heavy (non-hydrogen) atoms. The normalized spacial score (nSPS) is 15.6. The molecule has 2 aromatic rings. The first kappa shape index (κ1) is 17.5. The highest BCUT2D eigenvalue weighted by molar-refractivity contribution is 6.28. The predicted molar refractivity (Wildman–Crippen MR) is 90.2 cm³/mol. The molecule has 2 heterocycles. The van der Waals surface area contributed by atoms with Crippen molar-refractivity contribution >= 4 is 17.4 Å². The van der Waals surface area contributed by atoms with E-state index in [4.69, 9.17) is 16.9 Å². The molecule has 1 saturated heterocycles. The fraction of sp³-hybridized carbons (Fsp3) is 0.353. The van der Waals surface area contributed by atoms with Crippen LogP contribution in [0.4, 0.5) is 14.6 Å². The van der Waals surface area contributed by atoms with Crippen LogP contribution in [0.25, 0.3) is 0 Å². The van der Waals surface area contributed by atoms with Crippen LogP contribution in [0.1, 0.15) is 17.5 Å². The van der Waals surface area contributed by atoms with Crippen molar-refractivity contribution in [3.63, 3.8) is 0 Å². The van der Waals surface area contributed by atoms with Gasteiger partial charge in [-0.05, 0) is 24.6 Å². The third kappa shape index (κ3) is 3.70. The Hall–Kier alpha value is -2.30. The van der Waals surface area contributed by atoms with Crippen molar-refractivity contribution in [3.8, 4) is 6.07 Å². The van der Waals surface area contributed by atoms with E-state index in [1.54, 1.807) is 6.20 Å². The summed E-state index contributed by atoms with van der Waals surface area (Å²) in [6.07, 6.45) is 1.92. The zero-order valence-electron chi connectivity index (χ0n) is 13.6.